The molecule has 0 radical (unpaired) electrons. The molecule has 0 amide bonds. The monoisotopic (exact) mass is 256 g/mol. The summed E-state index contributed by atoms with van der Waals surface area (Å²) in [6.07, 6.45) is -0.209. The highest BCUT2D eigenvalue weighted by Gasteiger charge is 2.35. The van der Waals surface area contributed by atoms with E-state index < -0.39 is 6.10 Å². The van der Waals surface area contributed by atoms with Crippen LogP contribution < -0.4 is 4.74 Å². The number of aromatic hydroxyl groups is 2. The van der Waals surface area contributed by atoms with E-state index in [1.807, 2.05) is 30.3 Å². The van der Waals surface area contributed by atoms with Gasteiger partial charge in [-0.2, -0.15) is 0 Å². The third kappa shape index (κ3) is 1.91. The minimum atomic E-state index is -0.648. The first-order valence-corrected chi connectivity index (χ1v) is 5.96. The summed E-state index contributed by atoms with van der Waals surface area (Å²) in [5.41, 5.74) is 1.30. The predicted molar refractivity (Wildman–Crippen MR) is 68.7 cm³/mol. The lowest BCUT2D eigenvalue weighted by Gasteiger charge is -2.09. The average Bonchev–Trinajstić information content (AvgIpc) is 2.73. The van der Waals surface area contributed by atoms with Crippen molar-refractivity contribution < 1.29 is 19.7 Å². The number of benzene rings is 2. The molecule has 4 heteroatoms. The molecule has 3 rings (SSSR count). The standard InChI is InChI=1S/C15H12O4/c16-11-7-6-10-13(17)12(19-15(10)14(11)18)8-9-4-2-1-3-5-9/h1-7,12,16,18H,8H2. The predicted octanol–water partition coefficient (Wildman–Crippen LogP) is 2.28. The second-order valence-corrected chi connectivity index (χ2v) is 4.47. The van der Waals surface area contributed by atoms with Gasteiger partial charge in [0.2, 0.25) is 11.5 Å². The van der Waals surface area contributed by atoms with Gasteiger partial charge < -0.3 is 14.9 Å². The summed E-state index contributed by atoms with van der Waals surface area (Å²) in [6.45, 7) is 0. The van der Waals surface area contributed by atoms with Gasteiger partial charge >= 0.3 is 0 Å². The van der Waals surface area contributed by atoms with Crippen molar-refractivity contribution in [3.8, 4) is 17.2 Å². The molecular formula is C15H12O4. The Kier molecular flexibility index (Phi) is 2.63. The number of hydrogen-bond donors (Lipinski definition) is 2. The highest BCUT2D eigenvalue weighted by molar-refractivity contribution is 6.05. The maximum Gasteiger partial charge on any atom is 0.207 e. The van der Waals surface area contributed by atoms with Crippen molar-refractivity contribution in [1.82, 2.24) is 0 Å². The number of fused-ring (bicyclic) bond motifs is 1. The number of hydrogen-bond acceptors (Lipinski definition) is 4. The normalized spacial score (nSPS) is 17.1. The number of ketones is 1. The summed E-state index contributed by atoms with van der Waals surface area (Å²) in [5.74, 6) is -0.756. The molecule has 1 aliphatic rings. The Balaban J connectivity index is 1.89. The Hall–Kier alpha value is -2.49. The van der Waals surface area contributed by atoms with E-state index in [2.05, 4.69) is 0 Å². The Morgan fingerprint density at radius 1 is 1.05 bits per heavy atom. The summed E-state index contributed by atoms with van der Waals surface area (Å²) in [6, 6.07) is 12.3. The zero-order valence-electron chi connectivity index (χ0n) is 10.0. The molecule has 4 nitrogen and oxygen atoms in total. The molecule has 2 aromatic carbocycles. The van der Waals surface area contributed by atoms with Crippen LogP contribution in [-0.2, 0) is 6.42 Å². The number of carbonyl (C=O) groups is 1. The molecule has 1 heterocycles. The van der Waals surface area contributed by atoms with Gasteiger partial charge in [0, 0.05) is 6.42 Å². The van der Waals surface area contributed by atoms with Gasteiger partial charge in [0.05, 0.1) is 5.56 Å². The van der Waals surface area contributed by atoms with Gasteiger partial charge in [-0.15, -0.1) is 0 Å². The second kappa shape index (κ2) is 4.31. The summed E-state index contributed by atoms with van der Waals surface area (Å²) in [7, 11) is 0. The van der Waals surface area contributed by atoms with Crippen LogP contribution in [-0.4, -0.2) is 22.1 Å². The van der Waals surface area contributed by atoms with Crippen molar-refractivity contribution >= 4 is 5.78 Å². The highest BCUT2D eigenvalue weighted by atomic mass is 16.5. The maximum atomic E-state index is 12.1. The van der Waals surface area contributed by atoms with E-state index in [1.165, 1.54) is 12.1 Å². The number of phenolic OH excluding ortho intramolecular Hbond substituents is 2. The molecule has 0 spiro atoms. The zero-order valence-corrected chi connectivity index (χ0v) is 10.0. The Bertz CT molecular complexity index is 634. The van der Waals surface area contributed by atoms with Gasteiger partial charge in [-0.1, -0.05) is 30.3 Å². The van der Waals surface area contributed by atoms with E-state index in [-0.39, 0.29) is 23.0 Å². The first kappa shape index (κ1) is 11.6. The summed E-state index contributed by atoms with van der Waals surface area (Å²) < 4.78 is 5.48. The van der Waals surface area contributed by atoms with Crippen LogP contribution in [0.25, 0.3) is 0 Å². The van der Waals surface area contributed by atoms with Crippen molar-refractivity contribution in [1.29, 1.82) is 0 Å². The van der Waals surface area contributed by atoms with Crippen LogP contribution in [0.4, 0.5) is 0 Å². The SMILES string of the molecule is O=C1c2ccc(O)c(O)c2OC1Cc1ccccc1. The van der Waals surface area contributed by atoms with Crippen molar-refractivity contribution in [3.63, 3.8) is 0 Å². The van der Waals surface area contributed by atoms with Crippen molar-refractivity contribution in [3.05, 3.63) is 53.6 Å². The van der Waals surface area contributed by atoms with Crippen molar-refractivity contribution in [2.24, 2.45) is 0 Å². The van der Waals surface area contributed by atoms with Crippen LogP contribution in [0.5, 0.6) is 17.2 Å². The van der Waals surface area contributed by atoms with Crippen molar-refractivity contribution in [2.45, 2.75) is 12.5 Å². The molecule has 96 valence electrons. The van der Waals surface area contributed by atoms with Gasteiger partial charge in [-0.3, -0.25) is 4.79 Å². The fraction of sp³-hybridized carbons (Fsp3) is 0.133. The largest absolute Gasteiger partial charge is 0.504 e. The summed E-state index contributed by atoms with van der Waals surface area (Å²) in [5, 5.41) is 19.1. The van der Waals surface area contributed by atoms with Gasteiger partial charge in [-0.05, 0) is 17.7 Å². The second-order valence-electron chi connectivity index (χ2n) is 4.47. The van der Waals surface area contributed by atoms with E-state index in [0.29, 0.717) is 12.0 Å². The van der Waals surface area contributed by atoms with Crippen LogP contribution >= 0.6 is 0 Å². The van der Waals surface area contributed by atoms with E-state index in [0.717, 1.165) is 5.56 Å². The molecule has 0 saturated carbocycles. The zero-order chi connectivity index (χ0) is 13.4. The molecule has 19 heavy (non-hydrogen) atoms. The number of rotatable bonds is 2. The molecule has 1 atom stereocenters. The Labute approximate surface area is 109 Å². The van der Waals surface area contributed by atoms with E-state index >= 15 is 0 Å². The van der Waals surface area contributed by atoms with Crippen LogP contribution in [0.3, 0.4) is 0 Å². The van der Waals surface area contributed by atoms with Crippen LogP contribution in [0.15, 0.2) is 42.5 Å². The van der Waals surface area contributed by atoms with E-state index in [1.54, 1.807) is 0 Å². The lowest BCUT2D eigenvalue weighted by Crippen LogP contribution is -2.23. The molecule has 0 aromatic heterocycles. The molecule has 0 aliphatic carbocycles. The van der Waals surface area contributed by atoms with Gasteiger partial charge in [-0.25, -0.2) is 0 Å². The number of ether oxygens (including phenoxy) is 1. The smallest absolute Gasteiger partial charge is 0.207 e. The first-order valence-electron chi connectivity index (χ1n) is 5.96. The summed E-state index contributed by atoms with van der Waals surface area (Å²) in [4.78, 5) is 12.1. The fourth-order valence-corrected chi connectivity index (χ4v) is 2.21. The third-order valence-corrected chi connectivity index (χ3v) is 3.19. The molecule has 2 N–H and O–H groups in total. The van der Waals surface area contributed by atoms with Crippen LogP contribution in [0.1, 0.15) is 15.9 Å². The van der Waals surface area contributed by atoms with E-state index in [9.17, 15) is 15.0 Å². The van der Waals surface area contributed by atoms with E-state index in [4.69, 9.17) is 4.74 Å². The number of carbonyl (C=O) groups excluding carboxylic acids is 1. The molecule has 1 aliphatic heterocycles. The molecule has 1 unspecified atom stereocenters. The topological polar surface area (TPSA) is 66.8 Å². The molecule has 0 fully saturated rings. The number of phenols is 2. The highest BCUT2D eigenvalue weighted by Crippen LogP contribution is 2.43. The van der Waals surface area contributed by atoms with Gasteiger partial charge in [0.1, 0.15) is 0 Å². The minimum Gasteiger partial charge on any atom is -0.504 e. The fourth-order valence-electron chi connectivity index (χ4n) is 2.21. The lowest BCUT2D eigenvalue weighted by molar-refractivity contribution is 0.0856. The molecule has 2 aromatic rings. The molecular weight excluding hydrogens is 244 g/mol. The first-order chi connectivity index (χ1) is 9.16. The minimum absolute atomic E-state index is 0.0749. The Morgan fingerprint density at radius 3 is 2.53 bits per heavy atom. The summed E-state index contributed by atoms with van der Waals surface area (Å²) >= 11 is 0. The number of Topliss-reactive ketones (excluding diaryl/α,β-unsaturated/α-hetero) is 1. The molecule has 0 saturated heterocycles. The van der Waals surface area contributed by atoms with Crippen molar-refractivity contribution in [2.75, 3.05) is 0 Å². The maximum absolute atomic E-state index is 12.1. The van der Waals surface area contributed by atoms with Gasteiger partial charge in [0.25, 0.3) is 0 Å². The van der Waals surface area contributed by atoms with Crippen LogP contribution in [0, 0.1) is 0 Å². The quantitative estimate of drug-likeness (QED) is 0.809. The van der Waals surface area contributed by atoms with Gasteiger partial charge in [0.15, 0.2) is 17.6 Å². The van der Waals surface area contributed by atoms with Crippen LogP contribution in [0.2, 0.25) is 0 Å². The average molecular weight is 256 g/mol. The third-order valence-electron chi connectivity index (χ3n) is 3.19. The lowest BCUT2D eigenvalue weighted by atomic mass is 10.0. The molecule has 0 bridgehead atoms. The Morgan fingerprint density at radius 2 is 1.79 bits per heavy atom.